The van der Waals surface area contributed by atoms with Crippen molar-refractivity contribution in [2.24, 2.45) is 40.4 Å². The Morgan fingerprint density at radius 3 is 2.59 bits per heavy atom. The van der Waals surface area contributed by atoms with Crippen LogP contribution in [0.4, 0.5) is 0 Å². The van der Waals surface area contributed by atoms with Crippen LogP contribution in [0, 0.1) is 40.4 Å². The molecule has 4 rings (SSSR count). The molecule has 0 aromatic rings. The monoisotopic (exact) mass is 302 g/mol. The first-order valence-corrected chi connectivity index (χ1v) is 9.10. The van der Waals surface area contributed by atoms with Crippen molar-refractivity contribution in [3.05, 3.63) is 24.3 Å². The van der Waals surface area contributed by atoms with E-state index in [4.69, 9.17) is 0 Å². The normalized spacial score (nSPS) is 59.8. The molecule has 0 amide bonds. The van der Waals surface area contributed by atoms with Gasteiger partial charge in [-0.2, -0.15) is 0 Å². The Balaban J connectivity index is 1.73. The maximum absolute atomic E-state index is 10.5. The molecule has 0 aromatic carbocycles. The second-order valence-corrected chi connectivity index (χ2v) is 9.02. The summed E-state index contributed by atoms with van der Waals surface area (Å²) >= 11 is 0. The number of aliphatic hydroxyl groups excluding tert-OH is 2. The van der Waals surface area contributed by atoms with Crippen molar-refractivity contribution >= 4 is 0 Å². The summed E-state index contributed by atoms with van der Waals surface area (Å²) in [5.74, 6) is 3.19. The maximum atomic E-state index is 10.5. The van der Waals surface area contributed by atoms with Crippen LogP contribution >= 0.6 is 0 Å². The number of allylic oxidation sites excluding steroid dienone is 2. The second-order valence-electron chi connectivity index (χ2n) is 9.02. The van der Waals surface area contributed by atoms with E-state index >= 15 is 0 Å². The molecule has 2 fully saturated rings. The van der Waals surface area contributed by atoms with Crippen LogP contribution < -0.4 is 0 Å². The van der Waals surface area contributed by atoms with Gasteiger partial charge >= 0.3 is 0 Å². The maximum Gasteiger partial charge on any atom is 0.0780 e. The molecule has 2 heteroatoms. The lowest BCUT2D eigenvalue weighted by atomic mass is 9.44. The van der Waals surface area contributed by atoms with Gasteiger partial charge in [0.2, 0.25) is 0 Å². The largest absolute Gasteiger partial charge is 0.389 e. The number of hydrogen-bond acceptors (Lipinski definition) is 2. The average Bonchev–Trinajstić information content (AvgIpc) is 2.77. The Bertz CT molecular complexity index is 524. The lowest BCUT2D eigenvalue weighted by Crippen LogP contribution is -2.55. The highest BCUT2D eigenvalue weighted by atomic mass is 16.3. The molecule has 0 radical (unpaired) electrons. The molecular formula is C20H30O2. The minimum Gasteiger partial charge on any atom is -0.389 e. The second kappa shape index (κ2) is 4.70. The summed E-state index contributed by atoms with van der Waals surface area (Å²) in [5, 5.41) is 20.5. The summed E-state index contributed by atoms with van der Waals surface area (Å²) in [6.45, 7) is 7.13. The Hall–Kier alpha value is -0.600. The summed E-state index contributed by atoms with van der Waals surface area (Å²) in [6, 6.07) is 0. The molecule has 0 bridgehead atoms. The van der Waals surface area contributed by atoms with Gasteiger partial charge in [0.1, 0.15) is 0 Å². The van der Waals surface area contributed by atoms with E-state index < -0.39 is 0 Å². The molecule has 0 aromatic heterocycles. The first-order valence-electron chi connectivity index (χ1n) is 9.10. The third kappa shape index (κ3) is 1.80. The third-order valence-electron chi connectivity index (χ3n) is 8.01. The molecule has 2 N–H and O–H groups in total. The molecule has 9 atom stereocenters. The minimum atomic E-state index is -0.264. The Morgan fingerprint density at radius 2 is 1.82 bits per heavy atom. The fourth-order valence-corrected chi connectivity index (χ4v) is 6.59. The van der Waals surface area contributed by atoms with Crippen LogP contribution in [0.1, 0.15) is 46.5 Å². The minimum absolute atomic E-state index is 0.0521. The van der Waals surface area contributed by atoms with Gasteiger partial charge in [-0.3, -0.25) is 0 Å². The van der Waals surface area contributed by atoms with Crippen molar-refractivity contribution in [2.75, 3.05) is 0 Å². The molecule has 0 spiro atoms. The van der Waals surface area contributed by atoms with Crippen LogP contribution in [0.3, 0.4) is 0 Å². The van der Waals surface area contributed by atoms with Gasteiger partial charge in [0, 0.05) is 5.41 Å². The zero-order valence-corrected chi connectivity index (χ0v) is 14.1. The van der Waals surface area contributed by atoms with E-state index in [2.05, 4.69) is 39.0 Å². The van der Waals surface area contributed by atoms with Gasteiger partial charge in [-0.15, -0.1) is 0 Å². The van der Waals surface area contributed by atoms with Gasteiger partial charge in [0.05, 0.1) is 12.2 Å². The van der Waals surface area contributed by atoms with Crippen molar-refractivity contribution in [1.29, 1.82) is 0 Å². The Labute approximate surface area is 134 Å². The van der Waals surface area contributed by atoms with Crippen molar-refractivity contribution in [3.8, 4) is 0 Å². The molecule has 0 heterocycles. The average molecular weight is 302 g/mol. The molecule has 0 saturated heterocycles. The van der Waals surface area contributed by atoms with E-state index in [0.29, 0.717) is 29.6 Å². The summed E-state index contributed by atoms with van der Waals surface area (Å²) in [5.41, 5.74) is 0.287. The summed E-state index contributed by atoms with van der Waals surface area (Å²) in [4.78, 5) is 0. The van der Waals surface area contributed by atoms with Gasteiger partial charge in [0.15, 0.2) is 0 Å². The first kappa shape index (κ1) is 15.0. The van der Waals surface area contributed by atoms with Crippen LogP contribution in [0.15, 0.2) is 24.3 Å². The van der Waals surface area contributed by atoms with Crippen LogP contribution in [0.2, 0.25) is 0 Å². The molecule has 0 unspecified atom stereocenters. The van der Waals surface area contributed by atoms with Crippen molar-refractivity contribution in [1.82, 2.24) is 0 Å². The van der Waals surface area contributed by atoms with Gasteiger partial charge in [0.25, 0.3) is 0 Å². The van der Waals surface area contributed by atoms with Crippen LogP contribution in [-0.2, 0) is 0 Å². The van der Waals surface area contributed by atoms with Crippen molar-refractivity contribution < 1.29 is 10.2 Å². The number of aliphatic hydroxyl groups is 2. The fraction of sp³-hybridized carbons (Fsp3) is 0.800. The van der Waals surface area contributed by atoms with Crippen LogP contribution in [-0.4, -0.2) is 22.4 Å². The number of rotatable bonds is 0. The zero-order chi connectivity index (χ0) is 15.7. The van der Waals surface area contributed by atoms with E-state index in [1.54, 1.807) is 0 Å². The fourth-order valence-electron chi connectivity index (χ4n) is 6.59. The first-order chi connectivity index (χ1) is 10.4. The van der Waals surface area contributed by atoms with Crippen molar-refractivity contribution in [2.45, 2.75) is 58.7 Å². The van der Waals surface area contributed by atoms with Gasteiger partial charge in [-0.05, 0) is 60.7 Å². The molecule has 4 aliphatic carbocycles. The molecule has 22 heavy (non-hydrogen) atoms. The van der Waals surface area contributed by atoms with E-state index in [1.807, 2.05) is 6.08 Å². The van der Waals surface area contributed by atoms with E-state index in [9.17, 15) is 10.2 Å². The van der Waals surface area contributed by atoms with Gasteiger partial charge in [-0.25, -0.2) is 0 Å². The third-order valence-corrected chi connectivity index (χ3v) is 8.01. The van der Waals surface area contributed by atoms with Crippen molar-refractivity contribution in [3.63, 3.8) is 0 Å². The Morgan fingerprint density at radius 1 is 1.05 bits per heavy atom. The molecular weight excluding hydrogens is 272 g/mol. The summed E-state index contributed by atoms with van der Waals surface area (Å²) < 4.78 is 0. The highest BCUT2D eigenvalue weighted by Gasteiger charge is 2.59. The molecule has 4 aliphatic rings. The SMILES string of the molecule is C[C@H]1C[C@@H]2C[C@@H](O)C=C[C@]2(C)[C@H]2CC[C@]3(C)[C@@H](O)C=C[C@H]3[C@H]12. The highest BCUT2D eigenvalue weighted by Crippen LogP contribution is 2.65. The van der Waals surface area contributed by atoms with Crippen LogP contribution in [0.5, 0.6) is 0 Å². The number of hydrogen-bond donors (Lipinski definition) is 2. The predicted octanol–water partition coefficient (Wildman–Crippen LogP) is 3.55. The van der Waals surface area contributed by atoms with E-state index in [0.717, 1.165) is 12.8 Å². The quantitative estimate of drug-likeness (QED) is 0.672. The smallest absolute Gasteiger partial charge is 0.0780 e. The lowest BCUT2D eigenvalue weighted by molar-refractivity contribution is -0.114. The van der Waals surface area contributed by atoms with Gasteiger partial charge in [-0.1, -0.05) is 45.1 Å². The highest BCUT2D eigenvalue weighted by molar-refractivity contribution is 5.23. The zero-order valence-electron chi connectivity index (χ0n) is 14.1. The molecule has 2 nitrogen and oxygen atoms in total. The lowest BCUT2D eigenvalue weighted by Gasteiger charge is -2.61. The summed E-state index contributed by atoms with van der Waals surface area (Å²) in [6.07, 6.45) is 12.7. The standard InChI is InChI=1S/C20H30O2/c1-12-10-13-11-14(21)6-8-19(13,2)16-7-9-20(3)15(18(12)16)4-5-17(20)22/h4-6,8,12-18,21-22H,7,9-11H2,1-3H3/t12-,13+,14-,15-,16-,17-,18-,19-,20-/m0/s1. The molecule has 122 valence electrons. The molecule has 2 saturated carbocycles. The number of fused-ring (bicyclic) bond motifs is 5. The Kier molecular flexibility index (Phi) is 3.20. The summed E-state index contributed by atoms with van der Waals surface area (Å²) in [7, 11) is 0. The van der Waals surface area contributed by atoms with E-state index in [1.165, 1.54) is 12.8 Å². The van der Waals surface area contributed by atoms with Gasteiger partial charge < -0.3 is 10.2 Å². The molecule has 0 aliphatic heterocycles. The van der Waals surface area contributed by atoms with E-state index in [-0.39, 0.29) is 23.0 Å². The predicted molar refractivity (Wildman–Crippen MR) is 88.1 cm³/mol. The van der Waals surface area contributed by atoms with Crippen LogP contribution in [0.25, 0.3) is 0 Å². The topological polar surface area (TPSA) is 40.5 Å².